The Hall–Kier alpha value is -0.820. The van der Waals surface area contributed by atoms with Crippen LogP contribution in [-0.2, 0) is 0 Å². The van der Waals surface area contributed by atoms with E-state index in [9.17, 15) is 13.2 Å². The normalized spacial score (nSPS) is 18.2. The number of hydrogen-bond donors (Lipinski definition) is 1. The lowest BCUT2D eigenvalue weighted by Gasteiger charge is -2.22. The van der Waals surface area contributed by atoms with Crippen LogP contribution in [0.1, 0.15) is 30.7 Å². The molecule has 1 heterocycles. The van der Waals surface area contributed by atoms with Gasteiger partial charge in [0, 0.05) is 23.2 Å². The minimum Gasteiger partial charge on any atom is -0.336 e. The second kappa shape index (κ2) is 4.45. The summed E-state index contributed by atoms with van der Waals surface area (Å²) in [6.45, 7) is 0.867. The van der Waals surface area contributed by atoms with E-state index >= 15 is 0 Å². The highest BCUT2D eigenvalue weighted by Crippen LogP contribution is 2.37. The van der Waals surface area contributed by atoms with Gasteiger partial charge >= 0.3 is 6.18 Å². The van der Waals surface area contributed by atoms with Gasteiger partial charge < -0.3 is 10.6 Å². The maximum absolute atomic E-state index is 12.5. The van der Waals surface area contributed by atoms with Crippen LogP contribution in [0, 0.1) is 0 Å². The Balaban J connectivity index is 2.14. The largest absolute Gasteiger partial charge is 0.406 e. The van der Waals surface area contributed by atoms with E-state index in [0.29, 0.717) is 5.13 Å². The molecule has 1 aliphatic rings. The molecule has 1 aliphatic carbocycles. The molecule has 1 atom stereocenters. The first-order valence-corrected chi connectivity index (χ1v) is 6.23. The summed E-state index contributed by atoms with van der Waals surface area (Å²) in [6.07, 6.45) is -1.01. The maximum Gasteiger partial charge on any atom is 0.406 e. The third-order valence-corrected chi connectivity index (χ3v) is 3.78. The Bertz CT molecular complexity index is 384. The average Bonchev–Trinajstić information content (AvgIpc) is 2.90. The number of halogens is 3. The van der Waals surface area contributed by atoms with E-state index in [0.717, 1.165) is 17.7 Å². The van der Waals surface area contributed by atoms with Crippen molar-refractivity contribution in [3.8, 4) is 0 Å². The van der Waals surface area contributed by atoms with Gasteiger partial charge in [-0.3, -0.25) is 0 Å². The average molecular weight is 265 g/mol. The van der Waals surface area contributed by atoms with Crippen molar-refractivity contribution in [2.24, 2.45) is 5.73 Å². The lowest BCUT2D eigenvalue weighted by Crippen LogP contribution is -2.35. The summed E-state index contributed by atoms with van der Waals surface area (Å²) in [5, 5.41) is 0.428. The first kappa shape index (κ1) is 12.6. The van der Waals surface area contributed by atoms with E-state index in [1.54, 1.807) is 13.1 Å². The van der Waals surface area contributed by atoms with Crippen molar-refractivity contribution in [2.75, 3.05) is 11.4 Å². The van der Waals surface area contributed by atoms with E-state index in [1.165, 1.54) is 16.2 Å². The van der Waals surface area contributed by atoms with Crippen LogP contribution in [0.4, 0.5) is 18.3 Å². The number of alkyl halides is 3. The fraction of sp³-hybridized carbons (Fsp3) is 0.700. The number of nitrogens with two attached hydrogens (primary N) is 1. The van der Waals surface area contributed by atoms with Gasteiger partial charge in [0.2, 0.25) is 0 Å². The van der Waals surface area contributed by atoms with Crippen molar-refractivity contribution in [3.05, 3.63) is 11.1 Å². The van der Waals surface area contributed by atoms with Crippen LogP contribution in [0.25, 0.3) is 0 Å². The van der Waals surface area contributed by atoms with E-state index in [-0.39, 0.29) is 12.1 Å². The summed E-state index contributed by atoms with van der Waals surface area (Å²) in [4.78, 5) is 6.20. The highest BCUT2D eigenvalue weighted by atomic mass is 32.1. The predicted molar refractivity (Wildman–Crippen MR) is 61.1 cm³/mol. The minimum atomic E-state index is -4.19. The van der Waals surface area contributed by atoms with Gasteiger partial charge in [-0.2, -0.15) is 13.2 Å². The Morgan fingerprint density at radius 2 is 2.24 bits per heavy atom. The first-order valence-electron chi connectivity index (χ1n) is 5.41. The highest BCUT2D eigenvalue weighted by molar-refractivity contribution is 7.15. The molecule has 0 aromatic carbocycles. The molecule has 1 fully saturated rings. The monoisotopic (exact) mass is 265 g/mol. The van der Waals surface area contributed by atoms with E-state index in [1.807, 2.05) is 0 Å². The lowest BCUT2D eigenvalue weighted by atomic mass is 10.3. The number of thiazole rings is 1. The molecule has 2 rings (SSSR count). The van der Waals surface area contributed by atoms with Crippen molar-refractivity contribution in [1.82, 2.24) is 4.98 Å². The summed E-state index contributed by atoms with van der Waals surface area (Å²) >= 11 is 1.25. The van der Waals surface area contributed by atoms with Crippen molar-refractivity contribution in [2.45, 2.75) is 38.0 Å². The number of aromatic nitrogens is 1. The van der Waals surface area contributed by atoms with Gasteiger partial charge in [-0.1, -0.05) is 0 Å². The second-order valence-corrected chi connectivity index (χ2v) is 5.35. The summed E-state index contributed by atoms with van der Waals surface area (Å²) in [7, 11) is 0. The van der Waals surface area contributed by atoms with Crippen molar-refractivity contribution >= 4 is 16.5 Å². The molecule has 7 heteroatoms. The zero-order valence-electron chi connectivity index (χ0n) is 9.37. The summed E-state index contributed by atoms with van der Waals surface area (Å²) in [5.41, 5.74) is 5.68. The van der Waals surface area contributed by atoms with Crippen molar-refractivity contribution in [3.63, 3.8) is 0 Å². The van der Waals surface area contributed by atoms with Crippen LogP contribution in [-0.4, -0.2) is 23.7 Å². The third kappa shape index (κ3) is 3.32. The van der Waals surface area contributed by atoms with E-state index < -0.39 is 12.7 Å². The van der Waals surface area contributed by atoms with Crippen LogP contribution in [0.2, 0.25) is 0 Å². The molecule has 0 aliphatic heterocycles. The SMILES string of the molecule is CC(N)c1cnc(N(CC(F)(F)F)C2CC2)s1. The summed E-state index contributed by atoms with van der Waals surface area (Å²) < 4.78 is 37.4. The quantitative estimate of drug-likeness (QED) is 0.910. The first-order chi connectivity index (χ1) is 7.87. The molecule has 1 unspecified atom stereocenters. The molecule has 1 aromatic rings. The van der Waals surface area contributed by atoms with Crippen LogP contribution in [0.3, 0.4) is 0 Å². The molecule has 0 radical (unpaired) electrons. The van der Waals surface area contributed by atoms with E-state index in [4.69, 9.17) is 5.73 Å². The highest BCUT2D eigenvalue weighted by Gasteiger charge is 2.39. The van der Waals surface area contributed by atoms with Gasteiger partial charge in [0.1, 0.15) is 6.54 Å². The molecule has 0 saturated heterocycles. The molecule has 1 aromatic heterocycles. The van der Waals surface area contributed by atoms with Crippen LogP contribution in [0.5, 0.6) is 0 Å². The van der Waals surface area contributed by atoms with Crippen LogP contribution in [0.15, 0.2) is 6.20 Å². The zero-order valence-corrected chi connectivity index (χ0v) is 10.2. The number of nitrogens with zero attached hydrogens (tertiary/aromatic N) is 2. The minimum absolute atomic E-state index is 0.0105. The Labute approximate surface area is 101 Å². The van der Waals surface area contributed by atoms with Crippen molar-refractivity contribution in [1.29, 1.82) is 0 Å². The standard InChI is InChI=1S/C10H14F3N3S/c1-6(14)8-4-15-9(17-8)16(7-2-3-7)5-10(11,12)13/h4,6-7H,2-3,5,14H2,1H3. The van der Waals surface area contributed by atoms with Gasteiger partial charge in [0.15, 0.2) is 5.13 Å². The Kier molecular flexibility index (Phi) is 3.31. The smallest absolute Gasteiger partial charge is 0.336 e. The fourth-order valence-corrected chi connectivity index (χ4v) is 2.49. The Morgan fingerprint density at radius 1 is 1.59 bits per heavy atom. The molecule has 0 amide bonds. The van der Waals surface area contributed by atoms with Gasteiger partial charge in [0.25, 0.3) is 0 Å². The summed E-state index contributed by atoms with van der Waals surface area (Å²) in [5.74, 6) is 0. The van der Waals surface area contributed by atoms with Crippen LogP contribution >= 0.6 is 11.3 Å². The number of hydrogen-bond acceptors (Lipinski definition) is 4. The molecule has 0 spiro atoms. The molecule has 96 valence electrons. The molecule has 1 saturated carbocycles. The molecular weight excluding hydrogens is 251 g/mol. The summed E-state index contributed by atoms with van der Waals surface area (Å²) in [6, 6.07) is -0.197. The van der Waals surface area contributed by atoms with Gasteiger partial charge in [-0.15, -0.1) is 11.3 Å². The Morgan fingerprint density at radius 3 is 2.65 bits per heavy atom. The number of anilines is 1. The molecule has 17 heavy (non-hydrogen) atoms. The van der Waals surface area contributed by atoms with E-state index in [2.05, 4.69) is 4.98 Å². The zero-order chi connectivity index (χ0) is 12.6. The topological polar surface area (TPSA) is 42.1 Å². The second-order valence-electron chi connectivity index (χ2n) is 4.31. The van der Waals surface area contributed by atoms with Gasteiger partial charge in [-0.25, -0.2) is 4.98 Å². The fourth-order valence-electron chi connectivity index (χ4n) is 1.55. The van der Waals surface area contributed by atoms with Gasteiger partial charge in [0.05, 0.1) is 0 Å². The molecule has 0 bridgehead atoms. The lowest BCUT2D eigenvalue weighted by molar-refractivity contribution is -0.120. The van der Waals surface area contributed by atoms with Crippen molar-refractivity contribution < 1.29 is 13.2 Å². The van der Waals surface area contributed by atoms with Crippen LogP contribution < -0.4 is 10.6 Å². The number of rotatable bonds is 4. The molecular formula is C10H14F3N3S. The molecule has 3 nitrogen and oxygen atoms in total. The third-order valence-electron chi connectivity index (χ3n) is 2.54. The van der Waals surface area contributed by atoms with Gasteiger partial charge in [-0.05, 0) is 19.8 Å². The molecule has 2 N–H and O–H groups in total. The predicted octanol–water partition coefficient (Wildman–Crippen LogP) is 2.69. The maximum atomic E-state index is 12.5.